The molecule has 4 aromatic rings. The number of rotatable bonds is 2. The van der Waals surface area contributed by atoms with Crippen LogP contribution in [0.2, 0.25) is 0 Å². The molecule has 1 aromatic carbocycles. The van der Waals surface area contributed by atoms with Crippen LogP contribution in [0.15, 0.2) is 53.6 Å². The van der Waals surface area contributed by atoms with E-state index >= 15 is 0 Å². The summed E-state index contributed by atoms with van der Waals surface area (Å²) in [5.41, 5.74) is 1.76. The zero-order valence-corrected chi connectivity index (χ0v) is 11.0. The van der Waals surface area contributed by atoms with Gasteiger partial charge in [0.2, 0.25) is 5.78 Å². The minimum atomic E-state index is -0.337. The molecule has 0 aliphatic carbocycles. The number of hydrogen-bond acceptors (Lipinski definition) is 4. The Morgan fingerprint density at radius 1 is 1.10 bits per heavy atom. The molecule has 0 unspecified atom stereocenters. The Balaban J connectivity index is 1.91. The second-order valence-corrected chi connectivity index (χ2v) is 4.75. The fourth-order valence-corrected chi connectivity index (χ4v) is 2.37. The molecule has 6 heteroatoms. The van der Waals surface area contributed by atoms with E-state index in [0.717, 1.165) is 11.4 Å². The lowest BCUT2D eigenvalue weighted by atomic mass is 10.1. The van der Waals surface area contributed by atoms with Gasteiger partial charge in [0.05, 0.1) is 0 Å². The van der Waals surface area contributed by atoms with Gasteiger partial charge in [-0.3, -0.25) is 9.20 Å². The van der Waals surface area contributed by atoms with Crippen LogP contribution in [0.25, 0.3) is 16.9 Å². The quantitative estimate of drug-likeness (QED) is 0.603. The number of fused-ring (bicyclic) bond motifs is 3. The molecule has 0 aliphatic rings. The van der Waals surface area contributed by atoms with Gasteiger partial charge in [-0.1, -0.05) is 30.3 Å². The molecule has 0 saturated carbocycles. The molecule has 102 valence electrons. The number of imidazole rings is 1. The van der Waals surface area contributed by atoms with Gasteiger partial charge in [0.1, 0.15) is 5.82 Å². The second kappa shape index (κ2) is 4.52. The first kappa shape index (κ1) is 11.8. The second-order valence-electron chi connectivity index (χ2n) is 4.75. The summed E-state index contributed by atoms with van der Waals surface area (Å²) >= 11 is 0. The molecular weight excluding hydrogens is 266 g/mol. The van der Waals surface area contributed by atoms with Crippen molar-refractivity contribution in [3.8, 4) is 0 Å². The maximum Gasteiger partial charge on any atom is 0.300 e. The average Bonchev–Trinajstić information content (AvgIpc) is 2.93. The normalized spacial score (nSPS) is 11.2. The molecular formula is C15H11N5O. The third-order valence-electron chi connectivity index (χ3n) is 3.32. The zero-order valence-electron chi connectivity index (χ0n) is 11.0. The Morgan fingerprint density at radius 2 is 1.95 bits per heavy atom. The highest BCUT2D eigenvalue weighted by atomic mass is 16.1. The summed E-state index contributed by atoms with van der Waals surface area (Å²) in [6.07, 6.45) is 4.03. The molecule has 0 radical (unpaired) electrons. The molecule has 0 bridgehead atoms. The van der Waals surface area contributed by atoms with Crippen molar-refractivity contribution in [3.63, 3.8) is 0 Å². The summed E-state index contributed by atoms with van der Waals surface area (Å²) in [5, 5.41) is 0. The molecule has 0 saturated heterocycles. The maximum absolute atomic E-state index is 12.0. The highest BCUT2D eigenvalue weighted by molar-refractivity contribution is 5.72. The van der Waals surface area contributed by atoms with Gasteiger partial charge in [-0.15, -0.1) is 0 Å². The Kier molecular flexibility index (Phi) is 2.53. The molecule has 0 aliphatic heterocycles. The fraction of sp³-hybridized carbons (Fsp3) is 0.0667. The number of H-pyrrole nitrogens is 1. The molecule has 4 rings (SSSR count). The number of hydrogen-bond donors (Lipinski definition) is 1. The van der Waals surface area contributed by atoms with Crippen molar-refractivity contribution in [1.82, 2.24) is 24.3 Å². The van der Waals surface area contributed by atoms with E-state index in [4.69, 9.17) is 0 Å². The van der Waals surface area contributed by atoms with Gasteiger partial charge in [0.15, 0.2) is 11.2 Å². The topological polar surface area (TPSA) is 75.9 Å². The lowest BCUT2D eigenvalue weighted by Gasteiger charge is -1.97. The smallest absolute Gasteiger partial charge is 0.300 e. The third kappa shape index (κ3) is 1.97. The standard InChI is InChI=1S/C15H11N5O/c21-14-12-13(20-8-4-7-16-15(20)19-14)18-11(17-12)9-10-5-2-1-3-6-10/h1-8H,9H2,(H,17,18). The monoisotopic (exact) mass is 277 g/mol. The van der Waals surface area contributed by atoms with Crippen molar-refractivity contribution in [3.05, 3.63) is 70.5 Å². The molecule has 3 heterocycles. The Morgan fingerprint density at radius 3 is 2.81 bits per heavy atom. The number of benzene rings is 1. The van der Waals surface area contributed by atoms with Crippen molar-refractivity contribution in [2.24, 2.45) is 0 Å². The van der Waals surface area contributed by atoms with Crippen molar-refractivity contribution >= 4 is 16.9 Å². The van der Waals surface area contributed by atoms with Gasteiger partial charge in [-0.2, -0.15) is 4.98 Å². The van der Waals surface area contributed by atoms with E-state index in [2.05, 4.69) is 19.9 Å². The van der Waals surface area contributed by atoms with E-state index < -0.39 is 0 Å². The third-order valence-corrected chi connectivity index (χ3v) is 3.32. The van der Waals surface area contributed by atoms with Crippen LogP contribution in [0.1, 0.15) is 11.4 Å². The van der Waals surface area contributed by atoms with Gasteiger partial charge in [0.25, 0.3) is 0 Å². The lowest BCUT2D eigenvalue weighted by Crippen LogP contribution is -2.11. The molecule has 0 amide bonds. The summed E-state index contributed by atoms with van der Waals surface area (Å²) in [4.78, 5) is 27.6. The van der Waals surface area contributed by atoms with Gasteiger partial charge in [-0.05, 0) is 11.6 Å². The van der Waals surface area contributed by atoms with Crippen molar-refractivity contribution < 1.29 is 0 Å². The fourth-order valence-electron chi connectivity index (χ4n) is 2.37. The first-order valence-electron chi connectivity index (χ1n) is 6.57. The van der Waals surface area contributed by atoms with Gasteiger partial charge in [0, 0.05) is 18.8 Å². The van der Waals surface area contributed by atoms with E-state index in [-0.39, 0.29) is 5.56 Å². The average molecular weight is 277 g/mol. The van der Waals surface area contributed by atoms with Crippen LogP contribution in [-0.4, -0.2) is 24.3 Å². The minimum Gasteiger partial charge on any atom is -0.336 e. The molecule has 0 fully saturated rings. The number of aromatic nitrogens is 5. The zero-order chi connectivity index (χ0) is 14.2. The minimum absolute atomic E-state index is 0.337. The summed E-state index contributed by atoms with van der Waals surface area (Å²) in [6.45, 7) is 0. The maximum atomic E-state index is 12.0. The van der Waals surface area contributed by atoms with E-state index in [1.165, 1.54) is 0 Å². The summed E-state index contributed by atoms with van der Waals surface area (Å²) < 4.78 is 1.71. The van der Waals surface area contributed by atoms with Crippen LogP contribution in [0.3, 0.4) is 0 Å². The molecule has 1 N–H and O–H groups in total. The predicted octanol–water partition coefficient (Wildman–Crippen LogP) is 1.56. The highest BCUT2D eigenvalue weighted by Gasteiger charge is 2.11. The van der Waals surface area contributed by atoms with Crippen LogP contribution in [0.5, 0.6) is 0 Å². The van der Waals surface area contributed by atoms with Crippen LogP contribution >= 0.6 is 0 Å². The number of nitrogens with zero attached hydrogens (tertiary/aromatic N) is 4. The van der Waals surface area contributed by atoms with Crippen molar-refractivity contribution in [2.75, 3.05) is 0 Å². The van der Waals surface area contributed by atoms with Crippen LogP contribution in [-0.2, 0) is 6.42 Å². The van der Waals surface area contributed by atoms with Crippen LogP contribution in [0, 0.1) is 0 Å². The lowest BCUT2D eigenvalue weighted by molar-refractivity contribution is 1.02. The molecule has 0 atom stereocenters. The van der Waals surface area contributed by atoms with E-state index in [0.29, 0.717) is 23.4 Å². The largest absolute Gasteiger partial charge is 0.336 e. The Hall–Kier alpha value is -3.02. The van der Waals surface area contributed by atoms with E-state index in [9.17, 15) is 4.79 Å². The first-order valence-corrected chi connectivity index (χ1v) is 6.57. The van der Waals surface area contributed by atoms with Gasteiger partial charge in [-0.25, -0.2) is 9.97 Å². The Labute approximate surface area is 119 Å². The van der Waals surface area contributed by atoms with Gasteiger partial charge < -0.3 is 4.98 Å². The molecule has 3 aromatic heterocycles. The number of nitrogens with one attached hydrogen (secondary N) is 1. The SMILES string of the molecule is O=c1nc2ncccn2c2nc(Cc3ccccc3)[nH]c12. The highest BCUT2D eigenvalue weighted by Crippen LogP contribution is 2.11. The summed E-state index contributed by atoms with van der Waals surface area (Å²) in [7, 11) is 0. The molecule has 0 spiro atoms. The van der Waals surface area contributed by atoms with E-state index in [1.807, 2.05) is 30.3 Å². The summed E-state index contributed by atoms with van der Waals surface area (Å²) in [5.74, 6) is 1.09. The van der Waals surface area contributed by atoms with Crippen LogP contribution < -0.4 is 5.56 Å². The van der Waals surface area contributed by atoms with Crippen molar-refractivity contribution in [1.29, 1.82) is 0 Å². The van der Waals surface area contributed by atoms with Crippen molar-refractivity contribution in [2.45, 2.75) is 6.42 Å². The molecule has 21 heavy (non-hydrogen) atoms. The summed E-state index contributed by atoms with van der Waals surface area (Å²) in [6, 6.07) is 11.8. The van der Waals surface area contributed by atoms with Gasteiger partial charge >= 0.3 is 5.56 Å². The molecule has 6 nitrogen and oxygen atoms in total. The van der Waals surface area contributed by atoms with Crippen LogP contribution in [0.4, 0.5) is 0 Å². The predicted molar refractivity (Wildman–Crippen MR) is 78.2 cm³/mol. The Bertz CT molecular complexity index is 987. The number of aromatic amines is 1. The van der Waals surface area contributed by atoms with E-state index in [1.54, 1.807) is 22.9 Å². The first-order chi connectivity index (χ1) is 10.3.